The predicted octanol–water partition coefficient (Wildman–Crippen LogP) is 7.01. The zero-order valence-corrected chi connectivity index (χ0v) is 24.2. The smallest absolute Gasteiger partial charge is 0.303 e. The van der Waals surface area contributed by atoms with Crippen molar-refractivity contribution >= 4 is 5.97 Å². The third-order valence-corrected chi connectivity index (χ3v) is 12.3. The number of fused-ring (bicyclic) bond motifs is 6. The molecule has 202 valence electrons. The van der Waals surface area contributed by atoms with Crippen LogP contribution < -0.4 is 0 Å². The molecule has 5 rings (SSSR count). The van der Waals surface area contributed by atoms with E-state index in [4.69, 9.17) is 9.47 Å². The Labute approximate surface area is 219 Å². The fourth-order valence-electron chi connectivity index (χ4n) is 10.4. The maximum absolute atomic E-state index is 12.1. The number of esters is 1. The summed E-state index contributed by atoms with van der Waals surface area (Å²) in [6, 6.07) is 0. The Hall–Kier alpha value is -1.13. The maximum atomic E-state index is 12.1. The SMILES string of the molecule is CC(=O)O[C@@H]1[C@@H](C)[C@H]2[C@@H](C[C@@]3(C)C4=C(CC[C@]23C)[C@@]2(C)CC[C@@H](O)C(C)(C)[C@@H]2CC4)O[C@H]1C=C(C)C. The molecule has 1 N–H and O–H groups in total. The summed E-state index contributed by atoms with van der Waals surface area (Å²) < 4.78 is 12.8. The van der Waals surface area contributed by atoms with Crippen LogP contribution in [0, 0.1) is 39.4 Å². The molecule has 2 saturated carbocycles. The van der Waals surface area contributed by atoms with Crippen LogP contribution in [-0.4, -0.2) is 35.5 Å². The van der Waals surface area contributed by atoms with Crippen molar-refractivity contribution in [1.29, 1.82) is 0 Å². The van der Waals surface area contributed by atoms with E-state index in [1.165, 1.54) is 25.3 Å². The van der Waals surface area contributed by atoms with Gasteiger partial charge in [0, 0.05) is 12.8 Å². The normalized spacial score (nSPS) is 49.3. The van der Waals surface area contributed by atoms with Crippen LogP contribution in [0.1, 0.15) is 107 Å². The summed E-state index contributed by atoms with van der Waals surface area (Å²) in [5, 5.41) is 10.9. The van der Waals surface area contributed by atoms with E-state index >= 15 is 0 Å². The number of aliphatic hydroxyl groups is 1. The van der Waals surface area contributed by atoms with Crippen molar-refractivity contribution in [2.45, 2.75) is 132 Å². The van der Waals surface area contributed by atoms with Gasteiger partial charge in [-0.1, -0.05) is 64.3 Å². The molecule has 36 heavy (non-hydrogen) atoms. The zero-order chi connectivity index (χ0) is 26.4. The largest absolute Gasteiger partial charge is 0.459 e. The summed E-state index contributed by atoms with van der Waals surface area (Å²) in [5.41, 5.74) is 5.01. The van der Waals surface area contributed by atoms with Crippen LogP contribution in [0.15, 0.2) is 22.8 Å². The average Bonchev–Trinajstić information content (AvgIpc) is 3.00. The van der Waals surface area contributed by atoms with Gasteiger partial charge in [-0.05, 0) is 92.3 Å². The molecule has 1 aliphatic heterocycles. The quantitative estimate of drug-likeness (QED) is 0.329. The number of hydrogen-bond donors (Lipinski definition) is 1. The Kier molecular flexibility index (Phi) is 6.20. The van der Waals surface area contributed by atoms with Crippen molar-refractivity contribution in [3.63, 3.8) is 0 Å². The van der Waals surface area contributed by atoms with Gasteiger partial charge in [-0.25, -0.2) is 0 Å². The van der Waals surface area contributed by atoms with Gasteiger partial charge >= 0.3 is 5.97 Å². The van der Waals surface area contributed by atoms with E-state index in [0.29, 0.717) is 11.8 Å². The monoisotopic (exact) mass is 498 g/mol. The first-order valence-corrected chi connectivity index (χ1v) is 14.6. The number of aliphatic hydroxyl groups excluding tert-OH is 1. The third kappa shape index (κ3) is 3.49. The molecule has 0 amide bonds. The molecule has 1 heterocycles. The molecule has 0 aromatic heterocycles. The molecule has 0 aromatic rings. The van der Waals surface area contributed by atoms with Gasteiger partial charge in [0.25, 0.3) is 0 Å². The minimum Gasteiger partial charge on any atom is -0.459 e. The highest BCUT2D eigenvalue weighted by atomic mass is 16.6. The summed E-state index contributed by atoms with van der Waals surface area (Å²) in [7, 11) is 0. The molecule has 0 spiro atoms. The predicted molar refractivity (Wildman–Crippen MR) is 143 cm³/mol. The van der Waals surface area contributed by atoms with E-state index in [2.05, 4.69) is 61.5 Å². The van der Waals surface area contributed by atoms with Crippen molar-refractivity contribution in [1.82, 2.24) is 0 Å². The van der Waals surface area contributed by atoms with Crippen molar-refractivity contribution in [2.24, 2.45) is 39.4 Å². The molecular formula is C32H50O4. The number of hydrogen-bond acceptors (Lipinski definition) is 4. The van der Waals surface area contributed by atoms with Crippen molar-refractivity contribution < 1.29 is 19.4 Å². The molecule has 0 aromatic carbocycles. The first-order chi connectivity index (χ1) is 16.7. The Morgan fingerprint density at radius 2 is 1.72 bits per heavy atom. The van der Waals surface area contributed by atoms with Crippen molar-refractivity contribution in [2.75, 3.05) is 0 Å². The van der Waals surface area contributed by atoms with Crippen LogP contribution >= 0.6 is 0 Å². The van der Waals surface area contributed by atoms with Gasteiger partial charge in [-0.15, -0.1) is 0 Å². The topological polar surface area (TPSA) is 55.8 Å². The lowest BCUT2D eigenvalue weighted by atomic mass is 9.43. The van der Waals surface area contributed by atoms with E-state index in [-0.39, 0.29) is 58.0 Å². The average molecular weight is 499 g/mol. The molecule has 4 heteroatoms. The van der Waals surface area contributed by atoms with Gasteiger partial charge in [0.05, 0.1) is 12.2 Å². The summed E-state index contributed by atoms with van der Waals surface area (Å²) >= 11 is 0. The van der Waals surface area contributed by atoms with Gasteiger partial charge < -0.3 is 14.6 Å². The second-order valence-electron chi connectivity index (χ2n) is 14.6. The summed E-state index contributed by atoms with van der Waals surface area (Å²) in [6.07, 6.45) is 9.46. The molecule has 1 saturated heterocycles. The first-order valence-electron chi connectivity index (χ1n) is 14.6. The molecule has 0 unspecified atom stereocenters. The highest BCUT2D eigenvalue weighted by Gasteiger charge is 2.68. The lowest BCUT2D eigenvalue weighted by molar-refractivity contribution is -0.191. The Morgan fingerprint density at radius 3 is 2.36 bits per heavy atom. The standard InChI is InChI=1S/C32H50O4/c1-18(2)16-23-28(35-20(4)33)19(3)27-24(36-23)17-32(9)22-10-11-25-29(5,6)26(34)13-14-30(25,7)21(22)12-15-31(27,32)8/h16,19,23-28,34H,10-15,17H2,1-9H3/t19-,23-,24+,25-,26+,27-,28+,30+,31+,32-/m0/s1. The summed E-state index contributed by atoms with van der Waals surface area (Å²) in [4.78, 5) is 12.1. The fraction of sp³-hybridized carbons (Fsp3) is 0.844. The van der Waals surface area contributed by atoms with Crippen LogP contribution in [0.5, 0.6) is 0 Å². The Morgan fingerprint density at radius 1 is 1.03 bits per heavy atom. The number of ether oxygens (including phenoxy) is 2. The van der Waals surface area contributed by atoms with Gasteiger partial charge in [0.2, 0.25) is 0 Å². The van der Waals surface area contributed by atoms with Gasteiger partial charge in [0.1, 0.15) is 12.2 Å². The Bertz CT molecular complexity index is 988. The molecule has 3 fully saturated rings. The van der Waals surface area contributed by atoms with E-state index in [9.17, 15) is 9.90 Å². The van der Waals surface area contributed by atoms with Crippen LogP contribution in [-0.2, 0) is 14.3 Å². The van der Waals surface area contributed by atoms with Crippen molar-refractivity contribution in [3.05, 3.63) is 22.8 Å². The van der Waals surface area contributed by atoms with Gasteiger partial charge in [0.15, 0.2) is 0 Å². The second-order valence-corrected chi connectivity index (χ2v) is 14.6. The van der Waals surface area contributed by atoms with E-state index < -0.39 is 0 Å². The summed E-state index contributed by atoms with van der Waals surface area (Å²) in [6.45, 7) is 20.2. The number of carbonyl (C=O) groups is 1. The highest BCUT2D eigenvalue weighted by molar-refractivity contribution is 5.66. The number of allylic oxidation sites excluding steroid dienone is 3. The lowest BCUT2D eigenvalue weighted by Crippen LogP contribution is -2.56. The van der Waals surface area contributed by atoms with E-state index in [1.54, 1.807) is 11.1 Å². The Balaban J connectivity index is 1.56. The van der Waals surface area contributed by atoms with Gasteiger partial charge in [-0.3, -0.25) is 4.79 Å². The maximum Gasteiger partial charge on any atom is 0.303 e. The van der Waals surface area contributed by atoms with E-state index in [0.717, 1.165) is 32.1 Å². The highest BCUT2D eigenvalue weighted by Crippen LogP contribution is 2.73. The molecule has 0 bridgehead atoms. The molecule has 4 nitrogen and oxygen atoms in total. The molecule has 4 aliphatic carbocycles. The number of rotatable bonds is 2. The van der Waals surface area contributed by atoms with Crippen LogP contribution in [0.2, 0.25) is 0 Å². The molecule has 5 aliphatic rings. The summed E-state index contributed by atoms with van der Waals surface area (Å²) in [5.74, 6) is 0.944. The molecule has 0 radical (unpaired) electrons. The number of carbonyl (C=O) groups excluding carboxylic acids is 1. The van der Waals surface area contributed by atoms with Crippen LogP contribution in [0.4, 0.5) is 0 Å². The van der Waals surface area contributed by atoms with Gasteiger partial charge in [-0.2, -0.15) is 0 Å². The minimum absolute atomic E-state index is 0.0384. The third-order valence-electron chi connectivity index (χ3n) is 12.3. The van der Waals surface area contributed by atoms with E-state index in [1.807, 2.05) is 0 Å². The molecule has 10 atom stereocenters. The fourth-order valence-corrected chi connectivity index (χ4v) is 10.4. The second kappa shape index (κ2) is 8.43. The zero-order valence-electron chi connectivity index (χ0n) is 24.2. The first kappa shape index (κ1) is 26.5. The van der Waals surface area contributed by atoms with Crippen LogP contribution in [0.25, 0.3) is 0 Å². The lowest BCUT2D eigenvalue weighted by Gasteiger charge is -2.62. The minimum atomic E-state index is -0.234. The van der Waals surface area contributed by atoms with Crippen LogP contribution in [0.3, 0.4) is 0 Å². The molecular weight excluding hydrogens is 448 g/mol. The van der Waals surface area contributed by atoms with Crippen molar-refractivity contribution in [3.8, 4) is 0 Å².